The smallest absolute Gasteiger partial charge is 0.163 e. The van der Waals surface area contributed by atoms with Gasteiger partial charge in [-0.05, 0) is 47.5 Å². The summed E-state index contributed by atoms with van der Waals surface area (Å²) in [6.45, 7) is -0.615. The molecule has 0 saturated heterocycles. The van der Waals surface area contributed by atoms with Gasteiger partial charge in [-0.3, -0.25) is 0 Å². The maximum atomic E-state index is 10.5. The summed E-state index contributed by atoms with van der Waals surface area (Å²) in [6, 6.07) is 15.3. The lowest BCUT2D eigenvalue weighted by Crippen LogP contribution is -2.33. The first-order valence-corrected chi connectivity index (χ1v) is 12.2. The number of ether oxygens (including phenoxy) is 5. The van der Waals surface area contributed by atoms with Crippen molar-refractivity contribution in [1.82, 2.24) is 0 Å². The lowest BCUT2D eigenvalue weighted by atomic mass is 10.0. The van der Waals surface area contributed by atoms with Crippen LogP contribution in [0, 0.1) is 0 Å². The van der Waals surface area contributed by atoms with Crippen LogP contribution < -0.4 is 23.7 Å². The van der Waals surface area contributed by atoms with Crippen LogP contribution >= 0.6 is 0 Å². The van der Waals surface area contributed by atoms with Crippen LogP contribution in [-0.4, -0.2) is 67.7 Å². The van der Waals surface area contributed by atoms with Crippen molar-refractivity contribution in [3.05, 3.63) is 83.4 Å². The third kappa shape index (κ3) is 7.67. The molecule has 208 valence electrons. The fraction of sp³-hybridized carbons (Fsp3) is 0.267. The maximum Gasteiger partial charge on any atom is 0.163 e. The molecule has 0 saturated carbocycles. The summed E-state index contributed by atoms with van der Waals surface area (Å²) in [5, 5.41) is 38.7. The molecule has 0 bridgehead atoms. The molecular weight excluding hydrogens is 504 g/mol. The minimum Gasteiger partial charge on any atom is -0.504 e. The van der Waals surface area contributed by atoms with Crippen LogP contribution in [0.4, 0.5) is 0 Å². The van der Waals surface area contributed by atoms with Gasteiger partial charge in [-0.2, -0.15) is 0 Å². The van der Waals surface area contributed by atoms with Crippen molar-refractivity contribution < 1.29 is 44.1 Å². The Morgan fingerprint density at radius 3 is 1.67 bits per heavy atom. The molecule has 3 aromatic carbocycles. The van der Waals surface area contributed by atoms with E-state index in [0.29, 0.717) is 28.6 Å². The SMILES string of the molecule is COc1cc(C(Oc2ccc(/C=C/CO)cc2OC)C(CO)Oc2ccc(/C=C/CO)cc2OC)ccc1O. The second-order valence-electron chi connectivity index (χ2n) is 8.30. The van der Waals surface area contributed by atoms with Crippen LogP contribution in [0.1, 0.15) is 22.8 Å². The van der Waals surface area contributed by atoms with E-state index in [4.69, 9.17) is 33.9 Å². The predicted molar refractivity (Wildman–Crippen MR) is 148 cm³/mol. The Kier molecular flexibility index (Phi) is 11.1. The van der Waals surface area contributed by atoms with Crippen molar-refractivity contribution in [2.45, 2.75) is 12.2 Å². The number of aliphatic hydroxyl groups is 3. The van der Waals surface area contributed by atoms with E-state index in [2.05, 4.69) is 0 Å². The molecule has 0 heterocycles. The van der Waals surface area contributed by atoms with Gasteiger partial charge in [0.25, 0.3) is 0 Å². The highest BCUT2D eigenvalue weighted by atomic mass is 16.6. The molecule has 4 N–H and O–H groups in total. The summed E-state index contributed by atoms with van der Waals surface area (Å²) in [5.41, 5.74) is 2.16. The Bertz CT molecular complexity index is 1270. The van der Waals surface area contributed by atoms with E-state index in [-0.39, 0.29) is 24.7 Å². The van der Waals surface area contributed by atoms with Crippen molar-refractivity contribution >= 4 is 12.2 Å². The van der Waals surface area contributed by atoms with E-state index in [9.17, 15) is 10.2 Å². The Balaban J connectivity index is 2.03. The molecule has 0 aliphatic heterocycles. The molecule has 0 radical (unpaired) electrons. The van der Waals surface area contributed by atoms with E-state index in [0.717, 1.165) is 11.1 Å². The van der Waals surface area contributed by atoms with Gasteiger partial charge < -0.3 is 44.1 Å². The Labute approximate surface area is 227 Å². The van der Waals surface area contributed by atoms with E-state index in [1.807, 2.05) is 0 Å². The van der Waals surface area contributed by atoms with Gasteiger partial charge in [0.2, 0.25) is 0 Å². The summed E-state index contributed by atoms with van der Waals surface area (Å²) in [4.78, 5) is 0. The summed E-state index contributed by atoms with van der Waals surface area (Å²) in [6.07, 6.45) is 4.90. The first kappa shape index (κ1) is 29.4. The Hall–Kier alpha value is -4.18. The zero-order chi connectivity index (χ0) is 28.2. The van der Waals surface area contributed by atoms with Gasteiger partial charge in [0.15, 0.2) is 46.7 Å². The van der Waals surface area contributed by atoms with Crippen molar-refractivity contribution in [3.8, 4) is 34.5 Å². The summed E-state index contributed by atoms with van der Waals surface area (Å²) >= 11 is 0. The van der Waals surface area contributed by atoms with Crippen LogP contribution in [0.5, 0.6) is 34.5 Å². The lowest BCUT2D eigenvalue weighted by molar-refractivity contribution is 0.0121. The van der Waals surface area contributed by atoms with Gasteiger partial charge in [0.05, 0.1) is 41.2 Å². The van der Waals surface area contributed by atoms with E-state index >= 15 is 0 Å². The van der Waals surface area contributed by atoms with Crippen LogP contribution in [0.2, 0.25) is 0 Å². The average Bonchev–Trinajstić information content (AvgIpc) is 2.97. The largest absolute Gasteiger partial charge is 0.504 e. The van der Waals surface area contributed by atoms with Gasteiger partial charge >= 0.3 is 0 Å². The van der Waals surface area contributed by atoms with Gasteiger partial charge in [0.1, 0.15) is 0 Å². The van der Waals surface area contributed by atoms with E-state index in [1.165, 1.54) is 27.4 Å². The molecule has 0 aliphatic rings. The molecule has 3 aromatic rings. The highest BCUT2D eigenvalue weighted by molar-refractivity contribution is 5.57. The minimum absolute atomic E-state index is 0.0488. The van der Waals surface area contributed by atoms with Crippen LogP contribution in [0.15, 0.2) is 66.7 Å². The number of aliphatic hydroxyl groups excluding tert-OH is 3. The quantitative estimate of drug-likeness (QED) is 0.241. The highest BCUT2D eigenvalue weighted by Crippen LogP contribution is 2.38. The molecule has 0 fully saturated rings. The number of hydrogen-bond donors (Lipinski definition) is 4. The van der Waals surface area contributed by atoms with E-state index in [1.54, 1.807) is 72.8 Å². The van der Waals surface area contributed by atoms with Gasteiger partial charge in [-0.25, -0.2) is 0 Å². The number of benzene rings is 3. The molecule has 2 unspecified atom stereocenters. The molecule has 0 aromatic heterocycles. The summed E-state index contributed by atoms with van der Waals surface area (Å²) < 4.78 is 29.0. The normalized spacial score (nSPS) is 12.9. The molecule has 0 spiro atoms. The Morgan fingerprint density at radius 1 is 0.641 bits per heavy atom. The zero-order valence-corrected chi connectivity index (χ0v) is 22.1. The average molecular weight is 539 g/mol. The molecule has 9 nitrogen and oxygen atoms in total. The van der Waals surface area contributed by atoms with Crippen molar-refractivity contribution in [2.24, 2.45) is 0 Å². The standard InChI is InChI=1S/C30H34O9/c1-35-26-18-22(10-11-23(26)34)30(39-25-13-9-21(7-5-15-32)17-28(25)37-3)29(19-33)38-24-12-8-20(6-4-14-31)16-27(24)36-2/h4-13,16-18,29-34H,14-15,19H2,1-3H3/b6-4+,7-5+. The predicted octanol–water partition coefficient (Wildman–Crippen LogP) is 3.99. The third-order valence-electron chi connectivity index (χ3n) is 5.79. The fourth-order valence-electron chi connectivity index (χ4n) is 3.87. The maximum absolute atomic E-state index is 10.5. The molecule has 39 heavy (non-hydrogen) atoms. The van der Waals surface area contributed by atoms with E-state index < -0.39 is 18.8 Å². The number of methoxy groups -OCH3 is 3. The molecule has 0 aliphatic carbocycles. The molecule has 9 heteroatoms. The molecule has 0 amide bonds. The highest BCUT2D eigenvalue weighted by Gasteiger charge is 2.30. The fourth-order valence-corrected chi connectivity index (χ4v) is 3.87. The summed E-state index contributed by atoms with van der Waals surface area (Å²) in [5.74, 6) is 1.79. The van der Waals surface area contributed by atoms with Crippen LogP contribution in [0.25, 0.3) is 12.2 Å². The number of phenolic OH excluding ortho intramolecular Hbond substituents is 1. The molecule has 3 rings (SSSR count). The number of phenols is 1. The topological polar surface area (TPSA) is 127 Å². The van der Waals surface area contributed by atoms with Crippen molar-refractivity contribution in [2.75, 3.05) is 41.2 Å². The van der Waals surface area contributed by atoms with Crippen LogP contribution in [0.3, 0.4) is 0 Å². The van der Waals surface area contributed by atoms with Crippen molar-refractivity contribution in [1.29, 1.82) is 0 Å². The Morgan fingerprint density at radius 2 is 1.18 bits per heavy atom. The summed E-state index contributed by atoms with van der Waals surface area (Å²) in [7, 11) is 4.46. The monoisotopic (exact) mass is 538 g/mol. The molecular formula is C30H34O9. The second-order valence-corrected chi connectivity index (χ2v) is 8.30. The molecule has 2 atom stereocenters. The number of aromatic hydroxyl groups is 1. The third-order valence-corrected chi connectivity index (χ3v) is 5.79. The lowest BCUT2D eigenvalue weighted by Gasteiger charge is -2.29. The zero-order valence-electron chi connectivity index (χ0n) is 22.1. The van der Waals surface area contributed by atoms with Gasteiger partial charge in [-0.15, -0.1) is 0 Å². The second kappa shape index (κ2) is 14.7. The first-order valence-electron chi connectivity index (χ1n) is 12.2. The van der Waals surface area contributed by atoms with Crippen molar-refractivity contribution in [3.63, 3.8) is 0 Å². The number of hydrogen-bond acceptors (Lipinski definition) is 9. The number of rotatable bonds is 14. The minimum atomic E-state index is -0.925. The van der Waals surface area contributed by atoms with Crippen LogP contribution in [-0.2, 0) is 0 Å². The van der Waals surface area contributed by atoms with Gasteiger partial charge in [-0.1, -0.05) is 42.5 Å². The van der Waals surface area contributed by atoms with Gasteiger partial charge in [0, 0.05) is 5.56 Å². The first-order chi connectivity index (χ1) is 19.0.